The van der Waals surface area contributed by atoms with Gasteiger partial charge in [-0.25, -0.2) is 0 Å². The molecule has 0 bridgehead atoms. The molecule has 10 aromatic rings. The van der Waals surface area contributed by atoms with Gasteiger partial charge in [-0.3, -0.25) is 0 Å². The van der Waals surface area contributed by atoms with Gasteiger partial charge in [0.1, 0.15) is 0 Å². The Hall–Kier alpha value is -7.94. The van der Waals surface area contributed by atoms with E-state index in [4.69, 9.17) is 0 Å². The van der Waals surface area contributed by atoms with Gasteiger partial charge in [-0.2, -0.15) is 0 Å². The van der Waals surface area contributed by atoms with E-state index >= 15 is 0 Å². The van der Waals surface area contributed by atoms with Gasteiger partial charge < -0.3 is 9.47 Å². The quantitative estimate of drug-likeness (QED) is 0.133. The molecule has 2 nitrogen and oxygen atoms in total. The number of hydrogen-bond acceptors (Lipinski definition) is 1. The van der Waals surface area contributed by atoms with Gasteiger partial charge in [0.25, 0.3) is 0 Å². The van der Waals surface area contributed by atoms with Gasteiger partial charge in [0, 0.05) is 44.1 Å². The Kier molecular flexibility index (Phi) is 10.6. The van der Waals surface area contributed by atoms with Crippen molar-refractivity contribution in [1.82, 2.24) is 4.57 Å². The molecule has 0 N–H and O–H groups in total. The number of rotatable bonds is 10. The third-order valence-corrected chi connectivity index (χ3v) is 13.6. The first-order chi connectivity index (χ1) is 32.4. The van der Waals surface area contributed by atoms with Gasteiger partial charge in [0.2, 0.25) is 0 Å². The Balaban J connectivity index is 0.968. The molecule has 0 atom stereocenters. The maximum absolute atomic E-state index is 2.45. The van der Waals surface area contributed by atoms with Crippen molar-refractivity contribution in [2.24, 2.45) is 0 Å². The van der Waals surface area contributed by atoms with E-state index in [9.17, 15) is 0 Å². The number of nitrogens with zero attached hydrogens (tertiary/aromatic N) is 2. The summed E-state index contributed by atoms with van der Waals surface area (Å²) in [5, 5.41) is 3.78. The number of aromatic nitrogens is 1. The molecule has 318 valence electrons. The highest BCUT2D eigenvalue weighted by Crippen LogP contribution is 2.50. The van der Waals surface area contributed by atoms with Crippen molar-refractivity contribution in [3.05, 3.63) is 252 Å². The lowest BCUT2D eigenvalue weighted by Crippen LogP contribution is -2.28. The number of fused-ring (bicyclic) bond motifs is 4. The molecule has 1 aliphatic carbocycles. The first-order valence-corrected chi connectivity index (χ1v) is 23.3. The van der Waals surface area contributed by atoms with Crippen molar-refractivity contribution in [1.29, 1.82) is 0 Å². The highest BCUT2D eigenvalue weighted by Gasteiger charge is 2.35. The maximum Gasteiger partial charge on any atom is 0.0541 e. The third kappa shape index (κ3) is 7.45. The van der Waals surface area contributed by atoms with Gasteiger partial charge in [-0.1, -0.05) is 197 Å². The van der Waals surface area contributed by atoms with Crippen LogP contribution in [0.4, 0.5) is 17.1 Å². The molecule has 1 aromatic heterocycles. The molecular formula is C64H52N2. The molecule has 1 aliphatic rings. The van der Waals surface area contributed by atoms with E-state index in [1.54, 1.807) is 0 Å². The minimum atomic E-state index is -0.0525. The summed E-state index contributed by atoms with van der Waals surface area (Å²) in [5.74, 6) is 0. The molecule has 11 rings (SSSR count). The predicted molar refractivity (Wildman–Crippen MR) is 280 cm³/mol. The number of benzene rings is 9. The Morgan fingerprint density at radius 2 is 0.939 bits per heavy atom. The van der Waals surface area contributed by atoms with E-state index in [0.717, 1.165) is 35.6 Å². The van der Waals surface area contributed by atoms with Crippen LogP contribution in [0.25, 0.3) is 73.2 Å². The number of anilines is 3. The molecule has 9 aromatic carbocycles. The lowest BCUT2D eigenvalue weighted by atomic mass is 9.82. The topological polar surface area (TPSA) is 8.17 Å². The van der Waals surface area contributed by atoms with E-state index in [0.29, 0.717) is 0 Å². The van der Waals surface area contributed by atoms with Crippen LogP contribution in [0, 0.1) is 0 Å². The zero-order chi connectivity index (χ0) is 44.6. The first kappa shape index (κ1) is 40.8. The summed E-state index contributed by atoms with van der Waals surface area (Å²) in [4.78, 5) is 2.40. The van der Waals surface area contributed by atoms with Gasteiger partial charge in [0.05, 0.1) is 5.52 Å². The van der Waals surface area contributed by atoms with Crippen LogP contribution in [-0.4, -0.2) is 4.57 Å². The van der Waals surface area contributed by atoms with Crippen LogP contribution in [0.3, 0.4) is 0 Å². The van der Waals surface area contributed by atoms with Crippen LogP contribution >= 0.6 is 0 Å². The van der Waals surface area contributed by atoms with Crippen LogP contribution in [0.2, 0.25) is 0 Å². The predicted octanol–water partition coefficient (Wildman–Crippen LogP) is 15.6. The van der Waals surface area contributed by atoms with Crippen LogP contribution in [0.15, 0.2) is 224 Å². The fourth-order valence-corrected chi connectivity index (χ4v) is 10.2. The Bertz CT molecular complexity index is 3450. The van der Waals surface area contributed by atoms with Gasteiger partial charge in [0.15, 0.2) is 0 Å². The molecular weight excluding hydrogens is 797 g/mol. The summed E-state index contributed by atoms with van der Waals surface area (Å²) >= 11 is 0. The normalized spacial score (nSPS) is 13.2. The third-order valence-electron chi connectivity index (χ3n) is 13.6. The fourth-order valence-electron chi connectivity index (χ4n) is 10.2. The molecule has 0 aliphatic heterocycles. The van der Waals surface area contributed by atoms with Crippen molar-refractivity contribution in [2.75, 3.05) is 4.90 Å². The van der Waals surface area contributed by atoms with Crippen molar-refractivity contribution in [3.8, 4) is 50.2 Å². The highest BCUT2D eigenvalue weighted by atomic mass is 15.1. The summed E-state index contributed by atoms with van der Waals surface area (Å²) in [6, 6.07) is 82.2. The summed E-state index contributed by atoms with van der Waals surface area (Å²) in [6.45, 7) is 6.92. The smallest absolute Gasteiger partial charge is 0.0541 e. The molecule has 0 saturated carbocycles. The van der Waals surface area contributed by atoms with E-state index in [1.165, 1.54) is 82.7 Å². The molecule has 0 fully saturated rings. The lowest BCUT2D eigenvalue weighted by molar-refractivity contribution is 0.660. The van der Waals surface area contributed by atoms with Crippen LogP contribution in [-0.2, 0) is 11.8 Å². The van der Waals surface area contributed by atoms with Crippen molar-refractivity contribution < 1.29 is 0 Å². The van der Waals surface area contributed by atoms with Crippen LogP contribution < -0.4 is 15.5 Å². The second-order valence-corrected chi connectivity index (χ2v) is 18.0. The van der Waals surface area contributed by atoms with Gasteiger partial charge in [-0.15, -0.1) is 0 Å². The van der Waals surface area contributed by atoms with Crippen molar-refractivity contribution >= 4 is 40.1 Å². The second-order valence-electron chi connectivity index (χ2n) is 18.0. The molecule has 0 amide bonds. The monoisotopic (exact) mass is 848 g/mol. The molecule has 66 heavy (non-hydrogen) atoms. The van der Waals surface area contributed by atoms with E-state index in [1.807, 2.05) is 0 Å². The molecule has 0 radical (unpaired) electrons. The van der Waals surface area contributed by atoms with E-state index in [-0.39, 0.29) is 5.41 Å². The zero-order valence-electron chi connectivity index (χ0n) is 37.8. The second kappa shape index (κ2) is 17.2. The van der Waals surface area contributed by atoms with Crippen LogP contribution in [0.5, 0.6) is 0 Å². The summed E-state index contributed by atoms with van der Waals surface area (Å²) in [5.41, 5.74) is 19.6. The van der Waals surface area contributed by atoms with Crippen LogP contribution in [0.1, 0.15) is 43.9 Å². The van der Waals surface area contributed by atoms with Gasteiger partial charge in [-0.05, 0) is 135 Å². The highest BCUT2D eigenvalue weighted by molar-refractivity contribution is 5.90. The Morgan fingerprint density at radius 3 is 1.56 bits per heavy atom. The lowest BCUT2D eigenvalue weighted by Gasteiger charge is -2.27. The molecule has 0 saturated heterocycles. The maximum atomic E-state index is 2.45. The van der Waals surface area contributed by atoms with E-state index in [2.05, 4.69) is 267 Å². The van der Waals surface area contributed by atoms with Crippen molar-refractivity contribution in [2.45, 2.75) is 39.0 Å². The van der Waals surface area contributed by atoms with Crippen molar-refractivity contribution in [3.63, 3.8) is 0 Å². The molecule has 2 heteroatoms. The summed E-state index contributed by atoms with van der Waals surface area (Å²) in [6.07, 6.45) is 6.60. The summed E-state index contributed by atoms with van der Waals surface area (Å²) < 4.78 is 2.45. The largest absolute Gasteiger partial charge is 0.310 e. The molecule has 0 spiro atoms. The number of hydrogen-bond donors (Lipinski definition) is 0. The average molecular weight is 849 g/mol. The SMILES string of the molecule is CCC=c1c(=CCc2ccccc2)c2cc(-c3ccccc3)ccc2n1-c1ccc(-c2ccc(N(c3ccc(-c4ccccc4)cc3)c3ccc4c(c3)-c3ccccc3C4(C)C)cc2)cc1. The Morgan fingerprint density at radius 1 is 0.439 bits per heavy atom. The Labute approximate surface area is 388 Å². The fraction of sp³-hybridized carbons (Fsp3) is 0.0938. The van der Waals surface area contributed by atoms with Gasteiger partial charge >= 0.3 is 0 Å². The standard InChI is InChI=1S/C64H52N2/c1-4-16-62-57(40-25-45-17-8-5-9-18-45)59-43-51(47-21-12-7-13-22-47)32-42-63(59)66(62)54-37-30-50(31-38-54)49-28-35-53(36-29-49)65(52-33-26-48(27-34-52)46-19-10-6-11-20-46)55-39-41-61-58(44-55)56-23-14-15-24-60(56)64(61,2)3/h5-24,26-44H,4,25H2,1-3H3. The minimum absolute atomic E-state index is 0.0525. The molecule has 1 heterocycles. The minimum Gasteiger partial charge on any atom is -0.310 e. The first-order valence-electron chi connectivity index (χ1n) is 23.3. The average Bonchev–Trinajstić information content (AvgIpc) is 3.80. The van der Waals surface area contributed by atoms with E-state index < -0.39 is 0 Å². The summed E-state index contributed by atoms with van der Waals surface area (Å²) in [7, 11) is 0. The zero-order valence-corrected chi connectivity index (χ0v) is 37.8. The molecule has 0 unspecified atom stereocenters.